The van der Waals surface area contributed by atoms with Gasteiger partial charge in [-0.3, -0.25) is 15.3 Å². The number of carbonyl (C=O) groups excluding carboxylic acids is 2. The second kappa shape index (κ2) is 8.94. The highest BCUT2D eigenvalue weighted by atomic mass is 16.5. The molecule has 9 nitrogen and oxygen atoms in total. The second-order valence-corrected chi connectivity index (χ2v) is 7.22. The molecule has 32 heavy (non-hydrogen) atoms. The van der Waals surface area contributed by atoms with Gasteiger partial charge < -0.3 is 14.6 Å². The van der Waals surface area contributed by atoms with Crippen LogP contribution in [0.25, 0.3) is 33.1 Å². The molecule has 4 N–H and O–H groups in total. The van der Waals surface area contributed by atoms with E-state index in [4.69, 9.17) is 14.9 Å². The molecule has 2 aromatic carbocycles. The SMILES string of the molecule is COc1ccc(-c2nc(NC(=O)NCCC(=O)NO)cc3c4ccccc4n(C)c23)cc1. The van der Waals surface area contributed by atoms with Crippen molar-refractivity contribution in [1.82, 2.24) is 20.3 Å². The molecule has 0 saturated heterocycles. The quantitative estimate of drug-likeness (QED) is 0.275. The molecule has 0 aliphatic carbocycles. The lowest BCUT2D eigenvalue weighted by molar-refractivity contribution is -0.129. The van der Waals surface area contributed by atoms with E-state index in [1.54, 1.807) is 7.11 Å². The Balaban J connectivity index is 1.76. The van der Waals surface area contributed by atoms with Crippen LogP contribution in [0.1, 0.15) is 6.42 Å². The number of hydrogen-bond donors (Lipinski definition) is 4. The maximum Gasteiger partial charge on any atom is 0.320 e. The molecule has 0 aliphatic heterocycles. The molecule has 0 saturated carbocycles. The van der Waals surface area contributed by atoms with Crippen LogP contribution in [0.5, 0.6) is 5.75 Å². The van der Waals surface area contributed by atoms with Gasteiger partial charge in [0.1, 0.15) is 11.6 Å². The monoisotopic (exact) mass is 433 g/mol. The highest BCUT2D eigenvalue weighted by Crippen LogP contribution is 2.36. The number of pyridine rings is 1. The Bertz CT molecular complexity index is 1300. The van der Waals surface area contributed by atoms with E-state index >= 15 is 0 Å². The number of urea groups is 1. The van der Waals surface area contributed by atoms with Crippen LogP contribution in [0.4, 0.5) is 10.6 Å². The number of para-hydroxylation sites is 1. The summed E-state index contributed by atoms with van der Waals surface area (Å²) in [4.78, 5) is 28.2. The van der Waals surface area contributed by atoms with Gasteiger partial charge in [-0.25, -0.2) is 15.3 Å². The minimum absolute atomic E-state index is 0.0448. The number of carbonyl (C=O) groups is 2. The zero-order valence-corrected chi connectivity index (χ0v) is 17.7. The third-order valence-corrected chi connectivity index (χ3v) is 5.25. The Morgan fingerprint density at radius 2 is 1.84 bits per heavy atom. The topological polar surface area (TPSA) is 118 Å². The first-order valence-corrected chi connectivity index (χ1v) is 10.0. The van der Waals surface area contributed by atoms with Crippen molar-refractivity contribution in [3.63, 3.8) is 0 Å². The van der Waals surface area contributed by atoms with Gasteiger partial charge >= 0.3 is 6.03 Å². The summed E-state index contributed by atoms with van der Waals surface area (Å²) in [6, 6.07) is 17.0. The predicted octanol–water partition coefficient (Wildman–Crippen LogP) is 3.42. The molecule has 0 aliphatic rings. The second-order valence-electron chi connectivity index (χ2n) is 7.22. The molecule has 0 bridgehead atoms. The summed E-state index contributed by atoms with van der Waals surface area (Å²) in [5, 5.41) is 15.9. The summed E-state index contributed by atoms with van der Waals surface area (Å²) in [6.45, 7) is 0.0695. The number of fused-ring (bicyclic) bond motifs is 3. The Kier molecular flexibility index (Phi) is 5.91. The van der Waals surface area contributed by atoms with Crippen LogP contribution >= 0.6 is 0 Å². The van der Waals surface area contributed by atoms with Crippen LogP contribution in [-0.4, -0.2) is 40.4 Å². The number of hydroxylamine groups is 1. The maximum atomic E-state index is 12.3. The smallest absolute Gasteiger partial charge is 0.320 e. The minimum atomic E-state index is -0.581. The van der Waals surface area contributed by atoms with E-state index in [0.29, 0.717) is 5.82 Å². The van der Waals surface area contributed by atoms with Crippen molar-refractivity contribution in [1.29, 1.82) is 0 Å². The molecule has 9 heteroatoms. The molecule has 4 rings (SSSR count). The van der Waals surface area contributed by atoms with E-state index in [1.165, 1.54) is 5.48 Å². The van der Waals surface area contributed by atoms with Crippen LogP contribution in [0.3, 0.4) is 0 Å². The molecule has 0 atom stereocenters. The first kappa shape index (κ1) is 21.1. The molecule has 0 radical (unpaired) electrons. The predicted molar refractivity (Wildman–Crippen MR) is 122 cm³/mol. The lowest BCUT2D eigenvalue weighted by Crippen LogP contribution is -2.32. The fourth-order valence-corrected chi connectivity index (χ4v) is 3.72. The van der Waals surface area contributed by atoms with Crippen molar-refractivity contribution in [3.05, 3.63) is 54.6 Å². The lowest BCUT2D eigenvalue weighted by atomic mass is 10.1. The molecular formula is C23H23N5O4. The van der Waals surface area contributed by atoms with E-state index in [1.807, 2.05) is 61.6 Å². The van der Waals surface area contributed by atoms with E-state index in [2.05, 4.69) is 15.2 Å². The average Bonchev–Trinajstić information content (AvgIpc) is 3.10. The molecule has 2 aromatic heterocycles. The van der Waals surface area contributed by atoms with Gasteiger partial charge in [0.05, 0.1) is 18.3 Å². The summed E-state index contributed by atoms with van der Waals surface area (Å²) in [5.74, 6) is 0.536. The normalized spacial score (nSPS) is 10.8. The van der Waals surface area contributed by atoms with Crippen molar-refractivity contribution in [2.45, 2.75) is 6.42 Å². The number of methoxy groups -OCH3 is 1. The van der Waals surface area contributed by atoms with Gasteiger partial charge in [0.2, 0.25) is 5.91 Å². The number of aryl methyl sites for hydroxylation is 1. The summed E-state index contributed by atoms with van der Waals surface area (Å²) in [7, 11) is 3.61. The number of rotatable bonds is 6. The van der Waals surface area contributed by atoms with Crippen LogP contribution in [0.2, 0.25) is 0 Å². The van der Waals surface area contributed by atoms with E-state index in [9.17, 15) is 9.59 Å². The van der Waals surface area contributed by atoms with E-state index in [0.717, 1.165) is 38.8 Å². The number of anilines is 1. The molecule has 2 heterocycles. The molecule has 3 amide bonds. The van der Waals surface area contributed by atoms with Gasteiger partial charge in [0, 0.05) is 41.9 Å². The Hall–Kier alpha value is -4.11. The summed E-state index contributed by atoms with van der Waals surface area (Å²) < 4.78 is 7.36. The number of ether oxygens (including phenoxy) is 1. The van der Waals surface area contributed by atoms with Gasteiger partial charge in [-0.1, -0.05) is 18.2 Å². The van der Waals surface area contributed by atoms with Crippen molar-refractivity contribution in [2.75, 3.05) is 19.0 Å². The fraction of sp³-hybridized carbons (Fsp3) is 0.174. The number of aromatic nitrogens is 2. The highest BCUT2D eigenvalue weighted by Gasteiger charge is 2.17. The van der Waals surface area contributed by atoms with Gasteiger partial charge in [0.15, 0.2) is 0 Å². The van der Waals surface area contributed by atoms with Gasteiger partial charge in [-0.05, 0) is 36.4 Å². The molecule has 0 fully saturated rings. The number of benzene rings is 2. The van der Waals surface area contributed by atoms with Crippen LogP contribution < -0.4 is 20.9 Å². The van der Waals surface area contributed by atoms with Crippen molar-refractivity contribution >= 4 is 39.6 Å². The Morgan fingerprint density at radius 3 is 2.56 bits per heavy atom. The molecule has 0 unspecified atom stereocenters. The third-order valence-electron chi connectivity index (χ3n) is 5.25. The van der Waals surface area contributed by atoms with Crippen molar-refractivity contribution in [2.24, 2.45) is 7.05 Å². The van der Waals surface area contributed by atoms with Gasteiger partial charge in [-0.15, -0.1) is 0 Å². The Labute approximate surface area is 184 Å². The van der Waals surface area contributed by atoms with Gasteiger partial charge in [0.25, 0.3) is 0 Å². The van der Waals surface area contributed by atoms with Crippen molar-refractivity contribution in [3.8, 4) is 17.0 Å². The molecule has 164 valence electrons. The van der Waals surface area contributed by atoms with E-state index < -0.39 is 11.9 Å². The average molecular weight is 433 g/mol. The van der Waals surface area contributed by atoms with E-state index in [-0.39, 0.29) is 13.0 Å². The first-order valence-electron chi connectivity index (χ1n) is 10.0. The van der Waals surface area contributed by atoms with Gasteiger partial charge in [-0.2, -0.15) is 0 Å². The number of nitrogens with one attached hydrogen (secondary N) is 3. The first-order chi connectivity index (χ1) is 15.5. The number of amides is 3. The molecule has 0 spiro atoms. The van der Waals surface area contributed by atoms with Crippen LogP contribution in [-0.2, 0) is 11.8 Å². The summed E-state index contributed by atoms with van der Waals surface area (Å²) in [6.07, 6.45) is -0.0448. The zero-order valence-electron chi connectivity index (χ0n) is 17.7. The largest absolute Gasteiger partial charge is 0.497 e. The fourth-order valence-electron chi connectivity index (χ4n) is 3.72. The van der Waals surface area contributed by atoms with Crippen LogP contribution in [0, 0.1) is 0 Å². The number of nitrogens with zero attached hydrogens (tertiary/aromatic N) is 2. The molecule has 4 aromatic rings. The highest BCUT2D eigenvalue weighted by molar-refractivity contribution is 6.13. The molecular weight excluding hydrogens is 410 g/mol. The minimum Gasteiger partial charge on any atom is -0.497 e. The summed E-state index contributed by atoms with van der Waals surface area (Å²) in [5.41, 5.74) is 5.13. The standard InChI is InChI=1S/C23H23N5O4/c1-28-18-6-4-3-5-16(18)17-13-19(26-23(30)24-12-11-20(29)27-31)25-21(22(17)28)14-7-9-15(32-2)10-8-14/h3-10,13,31H,11-12H2,1-2H3,(H,27,29)(H2,24,25,26,30). The number of hydrogen-bond acceptors (Lipinski definition) is 5. The van der Waals surface area contributed by atoms with Crippen molar-refractivity contribution < 1.29 is 19.5 Å². The maximum absolute atomic E-state index is 12.3. The lowest BCUT2D eigenvalue weighted by Gasteiger charge is -2.11. The Morgan fingerprint density at radius 1 is 1.09 bits per heavy atom. The summed E-state index contributed by atoms with van der Waals surface area (Å²) >= 11 is 0. The zero-order chi connectivity index (χ0) is 22.7. The third kappa shape index (κ3) is 4.06. The van der Waals surface area contributed by atoms with Crippen LogP contribution in [0.15, 0.2) is 54.6 Å².